The van der Waals surface area contributed by atoms with E-state index in [4.69, 9.17) is 10.8 Å². The van der Waals surface area contributed by atoms with Crippen LogP contribution in [0.25, 0.3) is 0 Å². The van der Waals surface area contributed by atoms with Gasteiger partial charge in [-0.3, -0.25) is 42.9 Å². The smallest absolute Gasteiger partial charge is 0.322 e. The van der Waals surface area contributed by atoms with Crippen molar-refractivity contribution in [3.8, 4) is 11.5 Å². The number of aromatic hydroxyl groups is 2. The molecular formula is C48H75N8O14PS2. The second-order valence-electron chi connectivity index (χ2n) is 18.4. The van der Waals surface area contributed by atoms with Crippen molar-refractivity contribution in [3.63, 3.8) is 0 Å². The van der Waals surface area contributed by atoms with Gasteiger partial charge in [-0.25, -0.2) is 0 Å². The summed E-state index contributed by atoms with van der Waals surface area (Å²) in [6, 6.07) is 3.83. The minimum atomic E-state index is -4.46. The molecule has 25 heteroatoms. The third-order valence-electron chi connectivity index (χ3n) is 11.7. The number of carboxylic acid groups (broad SMARTS) is 1. The number of rotatable bonds is 33. The Labute approximate surface area is 435 Å². The number of nitrogens with two attached hydrogens (primary N) is 1. The Hall–Kier alpha value is -5.39. The number of hydrogen-bond acceptors (Lipinski definition) is 15. The van der Waals surface area contributed by atoms with Crippen molar-refractivity contribution in [1.29, 1.82) is 0 Å². The summed E-state index contributed by atoms with van der Waals surface area (Å²) in [5, 5.41) is 56.7. The Morgan fingerprint density at radius 2 is 1.07 bits per heavy atom. The predicted octanol–water partition coefficient (Wildman–Crippen LogP) is 0.775. The molecule has 7 amide bonds. The first-order valence-corrected chi connectivity index (χ1v) is 28.7. The number of aliphatic hydroxyl groups excluding tert-OH is 1. The summed E-state index contributed by atoms with van der Waals surface area (Å²) in [4.78, 5) is 118. The van der Waals surface area contributed by atoms with Crippen molar-refractivity contribution in [2.24, 2.45) is 23.5 Å². The molecule has 0 fully saturated rings. The van der Waals surface area contributed by atoms with Gasteiger partial charge in [-0.15, -0.1) is 0 Å². The molecule has 0 heterocycles. The third-order valence-corrected chi connectivity index (χ3v) is 14.6. The summed E-state index contributed by atoms with van der Waals surface area (Å²) in [6.45, 7) is 7.63. The molecule has 0 radical (unpaired) electrons. The monoisotopic (exact) mass is 1080 g/mol. The summed E-state index contributed by atoms with van der Waals surface area (Å²) in [6.07, 6.45) is 1.13. The zero-order chi connectivity index (χ0) is 55.0. The Bertz CT molecular complexity index is 2190. The number of benzene rings is 2. The van der Waals surface area contributed by atoms with Crippen molar-refractivity contribution in [1.82, 2.24) is 37.2 Å². The quantitative estimate of drug-likeness (QED) is 0.0439. The van der Waals surface area contributed by atoms with Crippen LogP contribution < -0.4 is 43.0 Å². The van der Waals surface area contributed by atoms with Crippen LogP contribution in [0.5, 0.6) is 11.5 Å². The van der Waals surface area contributed by atoms with Crippen LogP contribution in [0.3, 0.4) is 0 Å². The normalized spacial score (nSPS) is 15.8. The van der Waals surface area contributed by atoms with Gasteiger partial charge in [-0.2, -0.15) is 23.5 Å². The highest BCUT2D eigenvalue weighted by atomic mass is 32.2. The molecule has 22 nitrogen and oxygen atoms in total. The van der Waals surface area contributed by atoms with Crippen molar-refractivity contribution < 1.29 is 68.2 Å². The fraction of sp³-hybridized carbons (Fsp3) is 0.583. The molecule has 0 aliphatic heterocycles. The van der Waals surface area contributed by atoms with E-state index in [1.165, 1.54) is 79.0 Å². The first-order chi connectivity index (χ1) is 34.3. The zero-order valence-electron chi connectivity index (χ0n) is 42.4. The maximum Gasteiger partial charge on any atom is 0.322 e. The van der Waals surface area contributed by atoms with Crippen LogP contribution >= 0.6 is 30.9 Å². The number of amides is 7. The van der Waals surface area contributed by atoms with E-state index < -0.39 is 122 Å². The molecule has 408 valence electrons. The molecule has 2 aromatic carbocycles. The first-order valence-electron chi connectivity index (χ1n) is 23.9. The molecule has 14 N–H and O–H groups in total. The second-order valence-corrected chi connectivity index (χ2v) is 22.7. The molecule has 0 bridgehead atoms. The van der Waals surface area contributed by atoms with Gasteiger partial charge in [0.1, 0.15) is 48.3 Å². The van der Waals surface area contributed by atoms with E-state index in [0.29, 0.717) is 29.1 Å². The molecule has 2 aromatic rings. The highest BCUT2D eigenvalue weighted by molar-refractivity contribution is 7.98. The SMILES string of the molecule is CC[C@H](C)[C@H](N)C(=O)N[C@@H](CCSC)C(=O)N[C@@H](Cc1ccc(O)cc1)C(=O)NCP(=O)(O)C[C@@H](CC(C)C)C(=O)N[C@@H](Cc1ccc(O)cc1)C(=O)N[C@@H](CCSC)C(=O)N[C@H](C(=O)NCC(=O)O)[C@@H](C)O. The van der Waals surface area contributed by atoms with Crippen LogP contribution in [-0.4, -0.2) is 158 Å². The van der Waals surface area contributed by atoms with Gasteiger partial charge in [0.05, 0.1) is 18.4 Å². The number of carbonyl (C=O) groups excluding carboxylic acids is 7. The van der Waals surface area contributed by atoms with Crippen LogP contribution in [-0.2, 0) is 55.8 Å². The summed E-state index contributed by atoms with van der Waals surface area (Å²) in [7, 11) is -4.46. The zero-order valence-corrected chi connectivity index (χ0v) is 44.9. The third kappa shape index (κ3) is 23.6. The van der Waals surface area contributed by atoms with Crippen molar-refractivity contribution in [2.45, 2.75) is 115 Å². The summed E-state index contributed by atoms with van der Waals surface area (Å²) >= 11 is 2.76. The fourth-order valence-corrected chi connectivity index (χ4v) is 9.75. The number of carbonyl (C=O) groups is 8. The van der Waals surface area contributed by atoms with E-state index in [0.717, 1.165) is 0 Å². The molecule has 0 saturated heterocycles. The average Bonchev–Trinajstić information content (AvgIpc) is 3.33. The topological polar surface area (TPSA) is 365 Å². The van der Waals surface area contributed by atoms with Gasteiger partial charge in [0.2, 0.25) is 48.7 Å². The molecule has 0 aliphatic rings. The van der Waals surface area contributed by atoms with E-state index >= 15 is 0 Å². The van der Waals surface area contributed by atoms with Crippen LogP contribution in [0.1, 0.15) is 71.4 Å². The van der Waals surface area contributed by atoms with Gasteiger partial charge in [0.25, 0.3) is 0 Å². The van der Waals surface area contributed by atoms with Gasteiger partial charge in [0, 0.05) is 24.9 Å². The number of phenols is 2. The van der Waals surface area contributed by atoms with Crippen molar-refractivity contribution in [3.05, 3.63) is 59.7 Å². The summed E-state index contributed by atoms with van der Waals surface area (Å²) in [5.74, 6) is -8.04. The van der Waals surface area contributed by atoms with Crippen molar-refractivity contribution in [2.75, 3.05) is 43.0 Å². The lowest BCUT2D eigenvalue weighted by Crippen LogP contribution is -2.59. The number of phenolic OH excluding ortho intramolecular Hbond substituents is 2. The molecule has 1 unspecified atom stereocenters. The van der Waals surface area contributed by atoms with Gasteiger partial charge >= 0.3 is 5.97 Å². The molecular weight excluding hydrogens is 1010 g/mol. The number of carboxylic acids is 1. The predicted molar refractivity (Wildman–Crippen MR) is 280 cm³/mol. The lowest BCUT2D eigenvalue weighted by molar-refractivity contribution is -0.139. The molecule has 2 rings (SSSR count). The number of aliphatic carboxylic acids is 1. The highest BCUT2D eigenvalue weighted by Gasteiger charge is 2.36. The maximum absolute atomic E-state index is 14.3. The number of thioether (sulfide) groups is 2. The number of nitrogens with one attached hydrogen (secondary N) is 7. The average molecular weight is 1080 g/mol. The summed E-state index contributed by atoms with van der Waals surface area (Å²) in [5.41, 5.74) is 7.12. The Morgan fingerprint density at radius 1 is 0.630 bits per heavy atom. The molecule has 0 aliphatic carbocycles. The van der Waals surface area contributed by atoms with Gasteiger partial charge in [0.15, 0.2) is 0 Å². The minimum Gasteiger partial charge on any atom is -0.508 e. The Balaban J connectivity index is 2.42. The highest BCUT2D eigenvalue weighted by Crippen LogP contribution is 2.42. The number of hydrogen-bond donors (Lipinski definition) is 13. The van der Waals surface area contributed by atoms with Gasteiger partial charge < -0.3 is 68.3 Å². The van der Waals surface area contributed by atoms with E-state index in [2.05, 4.69) is 37.2 Å². The molecule has 0 aromatic heterocycles. The van der Waals surface area contributed by atoms with Gasteiger partial charge in [-0.05, 0) is 97.4 Å². The lowest BCUT2D eigenvalue weighted by Gasteiger charge is -2.28. The molecule has 73 heavy (non-hydrogen) atoms. The van der Waals surface area contributed by atoms with E-state index in [1.54, 1.807) is 27.0 Å². The van der Waals surface area contributed by atoms with E-state index in [-0.39, 0.29) is 55.4 Å². The first kappa shape index (κ1) is 63.7. The maximum atomic E-state index is 14.3. The molecule has 10 atom stereocenters. The van der Waals surface area contributed by atoms with Crippen LogP contribution in [0.4, 0.5) is 0 Å². The van der Waals surface area contributed by atoms with E-state index in [9.17, 15) is 63.1 Å². The minimum absolute atomic E-state index is 0.0129. The molecule has 0 saturated carbocycles. The fourth-order valence-electron chi connectivity index (χ4n) is 7.28. The van der Waals surface area contributed by atoms with Crippen LogP contribution in [0.15, 0.2) is 48.5 Å². The van der Waals surface area contributed by atoms with Crippen LogP contribution in [0.2, 0.25) is 0 Å². The number of aliphatic hydroxyl groups is 1. The van der Waals surface area contributed by atoms with Crippen molar-refractivity contribution >= 4 is 78.2 Å². The van der Waals surface area contributed by atoms with E-state index in [1.807, 2.05) is 13.2 Å². The largest absolute Gasteiger partial charge is 0.508 e. The van der Waals surface area contributed by atoms with Crippen LogP contribution in [0, 0.1) is 17.8 Å². The Kier molecular flexibility index (Phi) is 28.0. The Morgan fingerprint density at radius 3 is 1.52 bits per heavy atom. The lowest BCUT2D eigenvalue weighted by atomic mass is 9.96. The standard InChI is InChI=1S/C48H75N8O14PS2/c1-8-28(4)40(49)47(67)53-35(17-19-72-6)44(64)55-37(22-30-9-13-33(58)14-10-30)43(63)51-26-71(69,70)25-32(21-27(2)3)42(62)54-38(23-31-11-15-34(59)16-12-31)46(66)52-36(18-20-73-7)45(65)56-41(29(5)57)48(68)50-24-39(60)61/h9-16,27-29,32,35-38,40-41,57-59H,8,17-26,49H2,1-7H3,(H,50,68)(H,51,63)(H,52,66)(H,53,67)(H,54,62)(H,55,64)(H,56,65)(H,60,61)(H,69,70)/t28-,29+,32+,35-,36-,37-,38-,40-,41-/m0/s1. The summed E-state index contributed by atoms with van der Waals surface area (Å²) < 4.78 is 14.0. The molecule has 0 spiro atoms. The van der Waals surface area contributed by atoms with Gasteiger partial charge in [-0.1, -0.05) is 58.4 Å². The second kappa shape index (κ2) is 32.0.